The van der Waals surface area contributed by atoms with Gasteiger partial charge >= 0.3 is 0 Å². The number of carbonyl (C=O) groups is 1. The standard InChI is InChI=1S/C16H11N3OS3/c20-16(10-3-4-12-13(8-10)19-23-18-12)17-15(11-5-7-21-9-11)14-2-1-6-22-14/h1-9,15H,(H,17,20). The number of amides is 1. The number of nitrogens with one attached hydrogen (secondary N) is 1. The molecule has 0 bridgehead atoms. The van der Waals surface area contributed by atoms with Gasteiger partial charge in [0.25, 0.3) is 5.91 Å². The Morgan fingerprint density at radius 3 is 2.78 bits per heavy atom. The Hall–Kier alpha value is -2.09. The molecule has 3 aromatic heterocycles. The summed E-state index contributed by atoms with van der Waals surface area (Å²) in [5.41, 5.74) is 3.27. The van der Waals surface area contributed by atoms with Crippen molar-refractivity contribution in [2.24, 2.45) is 0 Å². The van der Waals surface area contributed by atoms with E-state index in [9.17, 15) is 4.79 Å². The van der Waals surface area contributed by atoms with E-state index in [2.05, 4.69) is 19.4 Å². The average molecular weight is 357 g/mol. The van der Waals surface area contributed by atoms with Crippen LogP contribution in [0.25, 0.3) is 11.0 Å². The fourth-order valence-corrected chi connectivity index (χ4v) is 4.36. The number of rotatable bonds is 4. The Labute approximate surface area is 144 Å². The molecule has 1 amide bonds. The Balaban J connectivity index is 1.64. The summed E-state index contributed by atoms with van der Waals surface area (Å²) in [6.45, 7) is 0. The van der Waals surface area contributed by atoms with E-state index in [1.165, 1.54) is 0 Å². The molecule has 4 aromatic rings. The van der Waals surface area contributed by atoms with Crippen molar-refractivity contribution >= 4 is 51.3 Å². The van der Waals surface area contributed by atoms with Gasteiger partial charge in [0.1, 0.15) is 11.0 Å². The molecule has 7 heteroatoms. The first-order valence-corrected chi connectivity index (χ1v) is 9.45. The third-order valence-electron chi connectivity index (χ3n) is 3.50. The maximum atomic E-state index is 12.7. The number of carbonyl (C=O) groups excluding carboxylic acids is 1. The van der Waals surface area contributed by atoms with Crippen molar-refractivity contribution in [2.75, 3.05) is 0 Å². The van der Waals surface area contributed by atoms with Crippen LogP contribution in [0.1, 0.15) is 26.8 Å². The summed E-state index contributed by atoms with van der Waals surface area (Å²) in [5.74, 6) is -0.107. The summed E-state index contributed by atoms with van der Waals surface area (Å²) in [4.78, 5) is 13.8. The molecule has 0 saturated heterocycles. The lowest BCUT2D eigenvalue weighted by Crippen LogP contribution is -2.28. The molecule has 3 heterocycles. The highest BCUT2D eigenvalue weighted by Gasteiger charge is 2.19. The number of hydrogen-bond acceptors (Lipinski definition) is 6. The molecule has 0 aliphatic carbocycles. The normalized spacial score (nSPS) is 12.3. The molecule has 0 radical (unpaired) electrons. The quantitative estimate of drug-likeness (QED) is 0.591. The summed E-state index contributed by atoms with van der Waals surface area (Å²) in [7, 11) is 0. The van der Waals surface area contributed by atoms with Gasteiger partial charge in [-0.15, -0.1) is 11.3 Å². The minimum atomic E-state index is -0.127. The molecule has 0 aliphatic rings. The first kappa shape index (κ1) is 14.5. The van der Waals surface area contributed by atoms with Crippen molar-refractivity contribution in [3.8, 4) is 0 Å². The molecular weight excluding hydrogens is 346 g/mol. The lowest BCUT2D eigenvalue weighted by molar-refractivity contribution is 0.0943. The van der Waals surface area contributed by atoms with E-state index in [0.717, 1.165) is 33.2 Å². The summed E-state index contributed by atoms with van der Waals surface area (Å²) >= 11 is 4.42. The van der Waals surface area contributed by atoms with Crippen molar-refractivity contribution in [3.63, 3.8) is 0 Å². The Kier molecular flexibility index (Phi) is 3.90. The zero-order valence-corrected chi connectivity index (χ0v) is 14.3. The fourth-order valence-electron chi connectivity index (χ4n) is 2.35. The first-order chi connectivity index (χ1) is 11.3. The number of aromatic nitrogens is 2. The lowest BCUT2D eigenvalue weighted by Gasteiger charge is -2.16. The van der Waals surface area contributed by atoms with Crippen LogP contribution in [0, 0.1) is 0 Å². The van der Waals surface area contributed by atoms with E-state index in [1.54, 1.807) is 34.8 Å². The summed E-state index contributed by atoms with van der Waals surface area (Å²) in [6.07, 6.45) is 0. The molecular formula is C16H11N3OS3. The molecule has 0 fully saturated rings. The van der Waals surface area contributed by atoms with Crippen molar-refractivity contribution < 1.29 is 4.79 Å². The third kappa shape index (κ3) is 2.90. The number of fused-ring (bicyclic) bond motifs is 1. The van der Waals surface area contributed by atoms with E-state index in [4.69, 9.17) is 0 Å². The molecule has 0 saturated carbocycles. The van der Waals surface area contributed by atoms with E-state index in [-0.39, 0.29) is 11.9 Å². The highest BCUT2D eigenvalue weighted by Crippen LogP contribution is 2.28. The van der Waals surface area contributed by atoms with Crippen molar-refractivity contribution in [2.45, 2.75) is 6.04 Å². The van der Waals surface area contributed by atoms with Gasteiger partial charge in [0.2, 0.25) is 0 Å². The number of thiophene rings is 2. The second-order valence-electron chi connectivity index (χ2n) is 4.95. The number of benzene rings is 1. The van der Waals surface area contributed by atoms with Gasteiger partial charge in [-0.1, -0.05) is 6.07 Å². The van der Waals surface area contributed by atoms with E-state index >= 15 is 0 Å². The summed E-state index contributed by atoms with van der Waals surface area (Å²) in [5, 5.41) is 9.24. The van der Waals surface area contributed by atoms with Gasteiger partial charge in [-0.2, -0.15) is 20.1 Å². The van der Waals surface area contributed by atoms with Gasteiger partial charge in [-0.25, -0.2) is 0 Å². The van der Waals surface area contributed by atoms with Crippen LogP contribution in [-0.2, 0) is 0 Å². The molecule has 23 heavy (non-hydrogen) atoms. The Morgan fingerprint density at radius 2 is 2.00 bits per heavy atom. The largest absolute Gasteiger partial charge is 0.340 e. The van der Waals surface area contributed by atoms with Crippen LogP contribution in [0.5, 0.6) is 0 Å². The minimum absolute atomic E-state index is 0.107. The Bertz CT molecular complexity index is 894. The minimum Gasteiger partial charge on any atom is -0.340 e. The topological polar surface area (TPSA) is 54.9 Å². The van der Waals surface area contributed by atoms with Crippen LogP contribution in [0.3, 0.4) is 0 Å². The van der Waals surface area contributed by atoms with E-state index < -0.39 is 0 Å². The van der Waals surface area contributed by atoms with Crippen LogP contribution in [0.15, 0.2) is 52.5 Å². The van der Waals surface area contributed by atoms with E-state index in [1.807, 2.05) is 35.0 Å². The summed E-state index contributed by atoms with van der Waals surface area (Å²) in [6, 6.07) is 11.4. The smallest absolute Gasteiger partial charge is 0.252 e. The third-order valence-corrected chi connectivity index (χ3v) is 5.69. The molecule has 1 aromatic carbocycles. The molecule has 114 valence electrons. The highest BCUT2D eigenvalue weighted by molar-refractivity contribution is 7.10. The van der Waals surface area contributed by atoms with Gasteiger partial charge in [0.05, 0.1) is 17.8 Å². The number of hydrogen-bond donors (Lipinski definition) is 1. The highest BCUT2D eigenvalue weighted by atomic mass is 32.1. The average Bonchev–Trinajstić information content (AvgIpc) is 3.34. The van der Waals surface area contributed by atoms with Crippen molar-refractivity contribution in [1.82, 2.24) is 14.1 Å². The maximum absolute atomic E-state index is 12.7. The van der Waals surface area contributed by atoms with Crippen LogP contribution < -0.4 is 5.32 Å². The second-order valence-corrected chi connectivity index (χ2v) is 7.23. The van der Waals surface area contributed by atoms with Gasteiger partial charge in [0, 0.05) is 10.4 Å². The summed E-state index contributed by atoms with van der Waals surface area (Å²) < 4.78 is 8.36. The number of nitrogens with zero attached hydrogens (tertiary/aromatic N) is 2. The predicted octanol–water partition coefficient (Wildman–Crippen LogP) is 4.33. The zero-order chi connectivity index (χ0) is 15.6. The molecule has 1 atom stereocenters. The van der Waals surface area contributed by atoms with Crippen LogP contribution >= 0.6 is 34.4 Å². The zero-order valence-electron chi connectivity index (χ0n) is 11.8. The van der Waals surface area contributed by atoms with Gasteiger partial charge < -0.3 is 5.32 Å². The van der Waals surface area contributed by atoms with Crippen molar-refractivity contribution in [1.29, 1.82) is 0 Å². The molecule has 1 unspecified atom stereocenters. The van der Waals surface area contributed by atoms with Crippen LogP contribution in [0.2, 0.25) is 0 Å². The fraction of sp³-hybridized carbons (Fsp3) is 0.0625. The monoisotopic (exact) mass is 357 g/mol. The lowest BCUT2D eigenvalue weighted by atomic mass is 10.1. The molecule has 1 N–H and O–H groups in total. The molecule has 0 aliphatic heterocycles. The SMILES string of the molecule is O=C(NC(c1ccsc1)c1cccs1)c1ccc2nsnc2c1. The van der Waals surface area contributed by atoms with Crippen molar-refractivity contribution in [3.05, 3.63) is 68.5 Å². The first-order valence-electron chi connectivity index (χ1n) is 6.90. The van der Waals surface area contributed by atoms with Gasteiger partial charge in [0.15, 0.2) is 0 Å². The second kappa shape index (κ2) is 6.19. The molecule has 4 nitrogen and oxygen atoms in total. The maximum Gasteiger partial charge on any atom is 0.252 e. The van der Waals surface area contributed by atoms with Crippen LogP contribution in [0.4, 0.5) is 0 Å². The Morgan fingerprint density at radius 1 is 1.09 bits per heavy atom. The van der Waals surface area contributed by atoms with E-state index in [0.29, 0.717) is 5.56 Å². The van der Waals surface area contributed by atoms with Gasteiger partial charge in [-0.3, -0.25) is 4.79 Å². The van der Waals surface area contributed by atoms with Crippen LogP contribution in [-0.4, -0.2) is 14.7 Å². The van der Waals surface area contributed by atoms with Gasteiger partial charge in [-0.05, 0) is 52.0 Å². The molecule has 0 spiro atoms. The predicted molar refractivity (Wildman–Crippen MR) is 95.4 cm³/mol. The molecule has 4 rings (SSSR count).